The van der Waals surface area contributed by atoms with Gasteiger partial charge in [0.05, 0.1) is 29.8 Å². The third kappa shape index (κ3) is 8.76. The number of aromatic nitrogens is 1. The number of benzene rings is 1. The van der Waals surface area contributed by atoms with Crippen LogP contribution in [0.25, 0.3) is 0 Å². The summed E-state index contributed by atoms with van der Waals surface area (Å²) in [7, 11) is 1.69. The van der Waals surface area contributed by atoms with Crippen molar-refractivity contribution in [3.8, 4) is 11.5 Å². The lowest BCUT2D eigenvalue weighted by Gasteiger charge is -2.59. The highest BCUT2D eigenvalue weighted by molar-refractivity contribution is 6.18. The molecule has 3 aliphatic rings. The summed E-state index contributed by atoms with van der Waals surface area (Å²) in [6.45, 7) is 8.94. The van der Waals surface area contributed by atoms with Crippen molar-refractivity contribution in [1.29, 1.82) is 0 Å². The fourth-order valence-corrected chi connectivity index (χ4v) is 8.23. The topological polar surface area (TPSA) is 132 Å². The molecule has 5 rings (SSSR count). The highest BCUT2D eigenvalue weighted by Gasteiger charge is 2.65. The maximum absolute atomic E-state index is 13.6. The summed E-state index contributed by atoms with van der Waals surface area (Å²) in [5.74, 6) is -0.203. The van der Waals surface area contributed by atoms with E-state index in [-0.39, 0.29) is 56.5 Å². The molecule has 2 aliphatic carbocycles. The molecule has 11 nitrogen and oxygen atoms in total. The third-order valence-corrected chi connectivity index (χ3v) is 10.5. The minimum absolute atomic E-state index is 0.0576. The molecule has 0 radical (unpaired) electrons. The predicted octanol–water partition coefficient (Wildman–Crippen LogP) is 6.93. The van der Waals surface area contributed by atoms with Gasteiger partial charge in [-0.25, -0.2) is 4.79 Å². The minimum atomic E-state index is -1.35. The number of ether oxygens (including phenoxy) is 4. The Balaban J connectivity index is 1.70. The molecule has 2 N–H and O–H groups in total. The number of nitrogens with zero attached hydrogens (tertiary/aromatic N) is 3. The molecule has 6 unspecified atom stereocenters. The Morgan fingerprint density at radius 2 is 1.96 bits per heavy atom. The van der Waals surface area contributed by atoms with E-state index in [0.29, 0.717) is 37.6 Å². The van der Waals surface area contributed by atoms with Crippen LogP contribution in [-0.2, 0) is 20.9 Å². The van der Waals surface area contributed by atoms with Gasteiger partial charge in [-0.1, -0.05) is 36.2 Å². The highest BCUT2D eigenvalue weighted by Crippen LogP contribution is 2.61. The van der Waals surface area contributed by atoms with Crippen LogP contribution in [0.15, 0.2) is 65.9 Å². The summed E-state index contributed by atoms with van der Waals surface area (Å²) < 4.78 is 25.9. The number of likely N-dealkylation sites (N-methyl/N-ethyl adjacent to an activating group) is 1. The van der Waals surface area contributed by atoms with Crippen molar-refractivity contribution >= 4 is 23.4 Å². The van der Waals surface area contributed by atoms with Crippen LogP contribution >= 0.6 is 11.6 Å². The van der Waals surface area contributed by atoms with Crippen LogP contribution in [0, 0.1) is 24.7 Å². The summed E-state index contributed by atoms with van der Waals surface area (Å²) in [6.07, 6.45) is 8.48. The molecule has 1 aromatic carbocycles. The molecule has 12 heteroatoms. The quantitative estimate of drug-likeness (QED) is 0.0682. The standard InChI is InChI=1S/C40H54ClN3O8/c1-5-21-50-40-36(44(4)39(47)48-22-18-41)25-34(43-51-6-2)32-23-28(13-7-9-19-45)31(15-8-10-20-46)37(38(32)40)33-24-30(16-17-35(33)52-40)49-26-29-14-11-12-27(3)42-29/h5,11-12,14,16-17,23-24,28,31,36-38,45-46H,1,6-10,13,15,18-22,25-26H2,2-4H3. The first-order valence-corrected chi connectivity index (χ1v) is 19.1. The number of unbranched alkanes of at least 4 members (excludes halogenated alkanes) is 2. The molecule has 0 spiro atoms. The number of alkyl halides is 1. The average molecular weight is 740 g/mol. The molecule has 52 heavy (non-hydrogen) atoms. The average Bonchev–Trinajstić information content (AvgIpc) is 3.15. The zero-order valence-corrected chi connectivity index (χ0v) is 31.4. The van der Waals surface area contributed by atoms with Gasteiger partial charge in [0.25, 0.3) is 0 Å². The second kappa shape index (κ2) is 18.9. The first kappa shape index (κ1) is 39.6. The molecule has 1 amide bonds. The molecule has 284 valence electrons. The number of amides is 1. The molecule has 2 aromatic rings. The number of fused-ring (bicyclic) bond motifs is 2. The van der Waals surface area contributed by atoms with Gasteiger partial charge in [0.15, 0.2) is 0 Å². The zero-order chi connectivity index (χ0) is 37.1. The Morgan fingerprint density at radius 3 is 2.67 bits per heavy atom. The zero-order valence-electron chi connectivity index (χ0n) is 30.7. The smallest absolute Gasteiger partial charge is 0.410 e. The number of rotatable bonds is 19. The van der Waals surface area contributed by atoms with Gasteiger partial charge in [-0.2, -0.15) is 0 Å². The summed E-state index contributed by atoms with van der Waals surface area (Å²) in [6, 6.07) is 11.1. The Bertz CT molecular complexity index is 1570. The van der Waals surface area contributed by atoms with Crippen LogP contribution in [0.4, 0.5) is 4.79 Å². The van der Waals surface area contributed by atoms with Crippen LogP contribution in [0.3, 0.4) is 0 Å². The van der Waals surface area contributed by atoms with Gasteiger partial charge in [0.2, 0.25) is 5.79 Å². The van der Waals surface area contributed by atoms with Crippen LogP contribution in [0.1, 0.15) is 74.7 Å². The summed E-state index contributed by atoms with van der Waals surface area (Å²) >= 11 is 5.91. The number of halogens is 1. The number of aliphatic hydroxyl groups is 2. The number of aliphatic hydroxyl groups excluding tert-OH is 2. The number of oxime groups is 1. The number of aryl methyl sites for hydroxylation is 1. The van der Waals surface area contributed by atoms with E-state index < -0.39 is 23.8 Å². The molecule has 1 fully saturated rings. The third-order valence-electron chi connectivity index (χ3n) is 10.3. The van der Waals surface area contributed by atoms with Gasteiger partial charge in [0, 0.05) is 43.9 Å². The maximum atomic E-state index is 13.6. The van der Waals surface area contributed by atoms with Gasteiger partial charge in [-0.15, -0.1) is 18.2 Å². The molecule has 2 heterocycles. The lowest BCUT2D eigenvalue weighted by atomic mass is 9.55. The SMILES string of the molecule is C=CCOC12Oc3ccc(OCc4cccc(C)n4)cc3C3C(CCCCO)C(CCCCO)C=C(C(=NOCC)CC1N(C)C(=O)OCCCl)C32. The van der Waals surface area contributed by atoms with E-state index in [1.807, 2.05) is 44.2 Å². The Hall–Kier alpha value is -3.64. The van der Waals surface area contributed by atoms with Crippen molar-refractivity contribution in [2.75, 3.05) is 46.0 Å². The number of hydrogen-bond donors (Lipinski definition) is 2. The monoisotopic (exact) mass is 739 g/mol. The van der Waals surface area contributed by atoms with E-state index in [2.05, 4.69) is 28.9 Å². The van der Waals surface area contributed by atoms with Gasteiger partial charge >= 0.3 is 6.09 Å². The van der Waals surface area contributed by atoms with Crippen molar-refractivity contribution in [3.05, 3.63) is 77.7 Å². The van der Waals surface area contributed by atoms with Crippen molar-refractivity contribution in [1.82, 2.24) is 9.88 Å². The Labute approximate surface area is 312 Å². The van der Waals surface area contributed by atoms with E-state index in [1.165, 1.54) is 4.90 Å². The van der Waals surface area contributed by atoms with E-state index in [0.717, 1.165) is 53.9 Å². The largest absolute Gasteiger partial charge is 0.487 e. The van der Waals surface area contributed by atoms with Crippen molar-refractivity contribution < 1.29 is 38.8 Å². The lowest BCUT2D eigenvalue weighted by Crippen LogP contribution is -2.69. The molecule has 0 bridgehead atoms. The number of carbonyl (C=O) groups is 1. The fourth-order valence-electron chi connectivity index (χ4n) is 8.15. The minimum Gasteiger partial charge on any atom is -0.487 e. The molecule has 1 aliphatic heterocycles. The molecule has 6 atom stereocenters. The second-order valence-corrected chi connectivity index (χ2v) is 14.0. The van der Waals surface area contributed by atoms with E-state index in [1.54, 1.807) is 13.1 Å². The predicted molar refractivity (Wildman–Crippen MR) is 200 cm³/mol. The van der Waals surface area contributed by atoms with Crippen LogP contribution in [-0.4, -0.2) is 89.7 Å². The van der Waals surface area contributed by atoms with E-state index in [4.69, 9.17) is 35.4 Å². The number of carbonyl (C=O) groups excluding carboxylic acids is 1. The molecule has 1 saturated carbocycles. The van der Waals surface area contributed by atoms with Gasteiger partial charge in [0.1, 0.15) is 37.4 Å². The highest BCUT2D eigenvalue weighted by atomic mass is 35.5. The van der Waals surface area contributed by atoms with Gasteiger partial charge in [-0.05, 0) is 87.3 Å². The lowest BCUT2D eigenvalue weighted by molar-refractivity contribution is -0.253. The van der Waals surface area contributed by atoms with Crippen molar-refractivity contribution in [3.63, 3.8) is 0 Å². The van der Waals surface area contributed by atoms with Gasteiger partial charge in [-0.3, -0.25) is 4.98 Å². The van der Waals surface area contributed by atoms with E-state index >= 15 is 0 Å². The fraction of sp³-hybridized carbons (Fsp3) is 0.575. The van der Waals surface area contributed by atoms with Crippen molar-refractivity contribution in [2.45, 2.75) is 83.1 Å². The van der Waals surface area contributed by atoms with Gasteiger partial charge < -0.3 is 38.9 Å². The number of allylic oxidation sites excluding steroid dienone is 1. The number of pyridine rings is 1. The summed E-state index contributed by atoms with van der Waals surface area (Å²) in [5, 5.41) is 24.2. The van der Waals surface area contributed by atoms with Crippen LogP contribution < -0.4 is 9.47 Å². The summed E-state index contributed by atoms with van der Waals surface area (Å²) in [4.78, 5) is 25.4. The first-order chi connectivity index (χ1) is 25.3. The summed E-state index contributed by atoms with van der Waals surface area (Å²) in [5.41, 5.74) is 4.42. The Morgan fingerprint density at radius 1 is 1.17 bits per heavy atom. The molecule has 1 aromatic heterocycles. The molecular formula is C40H54ClN3O8. The first-order valence-electron chi connectivity index (χ1n) is 18.5. The maximum Gasteiger partial charge on any atom is 0.410 e. The normalized spacial score (nSPS) is 25.3. The van der Waals surface area contributed by atoms with Crippen LogP contribution in [0.5, 0.6) is 11.5 Å². The molecular weight excluding hydrogens is 686 g/mol. The van der Waals surface area contributed by atoms with E-state index in [9.17, 15) is 15.0 Å². The molecule has 0 saturated heterocycles. The number of hydrogen-bond acceptors (Lipinski definition) is 10. The second-order valence-electron chi connectivity index (χ2n) is 13.7. The van der Waals surface area contributed by atoms with Crippen molar-refractivity contribution in [2.24, 2.45) is 22.9 Å². The van der Waals surface area contributed by atoms with Crippen LogP contribution in [0.2, 0.25) is 0 Å². The Kier molecular flexibility index (Phi) is 14.4.